The Labute approximate surface area is 154 Å². The van der Waals surface area contributed by atoms with E-state index >= 15 is 0 Å². The number of imidazole rings is 1. The van der Waals surface area contributed by atoms with Crippen molar-refractivity contribution in [1.82, 2.24) is 14.5 Å². The van der Waals surface area contributed by atoms with Gasteiger partial charge < -0.3 is 4.90 Å². The summed E-state index contributed by atoms with van der Waals surface area (Å²) in [6, 6.07) is 16.2. The van der Waals surface area contributed by atoms with Gasteiger partial charge in [0.05, 0.1) is 16.9 Å². The van der Waals surface area contributed by atoms with Gasteiger partial charge in [-0.05, 0) is 25.0 Å². The average molecular weight is 394 g/mol. The number of halogens is 1. The molecule has 4 nitrogen and oxygen atoms in total. The van der Waals surface area contributed by atoms with E-state index < -0.39 is 0 Å². The standard InChI is InChI=1S/C20H16BrN3O/c1-23-19(25)18-22-16(13-5-3-2-4-6-13)12-24(18)17-11-14(21)7-8-15(17)20(23)9-10-20/h2-8,11-12H,9-10H2,1H3. The van der Waals surface area contributed by atoms with Gasteiger partial charge in [0.25, 0.3) is 5.91 Å². The van der Waals surface area contributed by atoms with Crippen molar-refractivity contribution in [1.29, 1.82) is 0 Å². The average Bonchev–Trinajstić information content (AvgIpc) is 3.33. The van der Waals surface area contributed by atoms with Gasteiger partial charge in [0, 0.05) is 28.8 Å². The van der Waals surface area contributed by atoms with Gasteiger partial charge in [-0.3, -0.25) is 9.36 Å². The molecule has 124 valence electrons. The first-order valence-corrected chi connectivity index (χ1v) is 9.13. The molecule has 0 radical (unpaired) electrons. The fraction of sp³-hybridized carbons (Fsp3) is 0.200. The third-order valence-corrected chi connectivity index (χ3v) is 5.85. The quantitative estimate of drug-likeness (QED) is 0.615. The topological polar surface area (TPSA) is 38.1 Å². The van der Waals surface area contributed by atoms with E-state index in [1.54, 1.807) is 0 Å². The lowest BCUT2D eigenvalue weighted by molar-refractivity contribution is 0.0699. The summed E-state index contributed by atoms with van der Waals surface area (Å²) in [6.07, 6.45) is 3.98. The number of benzene rings is 2. The summed E-state index contributed by atoms with van der Waals surface area (Å²) in [6.45, 7) is 0. The van der Waals surface area contributed by atoms with Crippen molar-refractivity contribution in [2.45, 2.75) is 18.4 Å². The first-order valence-electron chi connectivity index (χ1n) is 8.33. The van der Waals surface area contributed by atoms with E-state index in [1.165, 1.54) is 5.56 Å². The van der Waals surface area contributed by atoms with Crippen molar-refractivity contribution in [2.24, 2.45) is 0 Å². The predicted molar refractivity (Wildman–Crippen MR) is 99.7 cm³/mol. The lowest BCUT2D eigenvalue weighted by Crippen LogP contribution is -2.36. The Kier molecular flexibility index (Phi) is 3.01. The molecule has 5 heteroatoms. The molecule has 25 heavy (non-hydrogen) atoms. The van der Waals surface area contributed by atoms with Crippen LogP contribution in [0.4, 0.5) is 0 Å². The molecule has 1 aromatic heterocycles. The van der Waals surface area contributed by atoms with Crippen LogP contribution in [0.25, 0.3) is 16.9 Å². The van der Waals surface area contributed by atoms with Crippen molar-refractivity contribution < 1.29 is 4.79 Å². The van der Waals surface area contributed by atoms with E-state index in [0.29, 0.717) is 5.82 Å². The van der Waals surface area contributed by atoms with Gasteiger partial charge in [-0.1, -0.05) is 52.3 Å². The van der Waals surface area contributed by atoms with Crippen molar-refractivity contribution in [3.8, 4) is 16.9 Å². The maximum Gasteiger partial charge on any atom is 0.290 e. The first-order chi connectivity index (χ1) is 12.1. The predicted octanol–water partition coefficient (Wildman–Crippen LogP) is 4.38. The molecule has 1 amide bonds. The molecule has 0 bridgehead atoms. The Bertz CT molecular complexity index is 1010. The van der Waals surface area contributed by atoms with E-state index in [4.69, 9.17) is 4.98 Å². The molecule has 5 rings (SSSR count). The second-order valence-corrected chi connectivity index (χ2v) is 7.66. The van der Waals surface area contributed by atoms with Crippen molar-refractivity contribution in [3.63, 3.8) is 0 Å². The van der Waals surface area contributed by atoms with Gasteiger partial charge in [-0.25, -0.2) is 4.98 Å². The Hall–Kier alpha value is -2.40. The highest BCUT2D eigenvalue weighted by molar-refractivity contribution is 9.10. The van der Waals surface area contributed by atoms with Crippen LogP contribution in [0.3, 0.4) is 0 Å². The minimum Gasteiger partial charge on any atom is -0.329 e. The summed E-state index contributed by atoms with van der Waals surface area (Å²) in [5.74, 6) is 0.455. The molecule has 1 saturated carbocycles. The smallest absolute Gasteiger partial charge is 0.290 e. The van der Waals surface area contributed by atoms with Gasteiger partial charge in [-0.15, -0.1) is 0 Å². The van der Waals surface area contributed by atoms with Crippen LogP contribution in [0, 0.1) is 0 Å². The molecule has 1 spiro atoms. The van der Waals surface area contributed by atoms with Gasteiger partial charge in [-0.2, -0.15) is 0 Å². The highest BCUT2D eigenvalue weighted by Gasteiger charge is 2.53. The summed E-state index contributed by atoms with van der Waals surface area (Å²) in [7, 11) is 1.90. The number of hydrogen-bond donors (Lipinski definition) is 0. The molecule has 1 aliphatic heterocycles. The number of hydrogen-bond acceptors (Lipinski definition) is 2. The lowest BCUT2D eigenvalue weighted by Gasteiger charge is -2.26. The fourth-order valence-corrected chi connectivity index (χ4v) is 4.16. The number of carbonyl (C=O) groups excluding carboxylic acids is 1. The monoisotopic (exact) mass is 393 g/mol. The Morgan fingerprint density at radius 2 is 1.88 bits per heavy atom. The van der Waals surface area contributed by atoms with Crippen LogP contribution in [-0.4, -0.2) is 27.4 Å². The molecule has 1 fully saturated rings. The van der Waals surface area contributed by atoms with Crippen LogP contribution >= 0.6 is 15.9 Å². The van der Waals surface area contributed by atoms with E-state index in [1.807, 2.05) is 53.0 Å². The zero-order valence-corrected chi connectivity index (χ0v) is 15.3. The van der Waals surface area contributed by atoms with Crippen LogP contribution in [-0.2, 0) is 5.54 Å². The normalized spacial score (nSPS) is 17.2. The first kappa shape index (κ1) is 14.9. The van der Waals surface area contributed by atoms with Gasteiger partial charge >= 0.3 is 0 Å². The Morgan fingerprint density at radius 3 is 2.60 bits per heavy atom. The third kappa shape index (κ3) is 2.05. The zero-order valence-electron chi connectivity index (χ0n) is 13.7. The number of nitrogens with zero attached hydrogens (tertiary/aromatic N) is 3. The minimum atomic E-state index is -0.180. The molecular weight excluding hydrogens is 378 g/mol. The Morgan fingerprint density at radius 1 is 1.12 bits per heavy atom. The van der Waals surface area contributed by atoms with Crippen LogP contribution in [0.5, 0.6) is 0 Å². The van der Waals surface area contributed by atoms with Crippen molar-refractivity contribution in [2.75, 3.05) is 7.05 Å². The van der Waals surface area contributed by atoms with E-state index in [9.17, 15) is 4.79 Å². The lowest BCUT2D eigenvalue weighted by atomic mass is 10.0. The van der Waals surface area contributed by atoms with E-state index in [-0.39, 0.29) is 11.4 Å². The molecule has 2 aromatic carbocycles. The van der Waals surface area contributed by atoms with Crippen LogP contribution in [0.1, 0.15) is 29.0 Å². The molecule has 1 aliphatic carbocycles. The molecule has 2 aliphatic rings. The maximum atomic E-state index is 13.1. The molecule has 0 saturated heterocycles. The number of carbonyl (C=O) groups is 1. The van der Waals surface area contributed by atoms with E-state index in [0.717, 1.165) is 34.3 Å². The molecule has 0 atom stereocenters. The zero-order chi connectivity index (χ0) is 17.2. The second kappa shape index (κ2) is 5.05. The maximum absolute atomic E-state index is 13.1. The van der Waals surface area contributed by atoms with Gasteiger partial charge in [0.2, 0.25) is 5.82 Å². The number of rotatable bonds is 1. The third-order valence-electron chi connectivity index (χ3n) is 5.36. The summed E-state index contributed by atoms with van der Waals surface area (Å²) in [4.78, 5) is 19.7. The summed E-state index contributed by atoms with van der Waals surface area (Å²) >= 11 is 3.58. The van der Waals surface area contributed by atoms with Gasteiger partial charge in [0.15, 0.2) is 0 Å². The van der Waals surface area contributed by atoms with Crippen LogP contribution < -0.4 is 0 Å². The number of amides is 1. The molecular formula is C20H16BrN3O. The highest BCUT2D eigenvalue weighted by atomic mass is 79.9. The van der Waals surface area contributed by atoms with Gasteiger partial charge in [0.1, 0.15) is 0 Å². The van der Waals surface area contributed by atoms with Crippen molar-refractivity contribution >= 4 is 21.8 Å². The van der Waals surface area contributed by atoms with Crippen molar-refractivity contribution in [3.05, 3.63) is 70.6 Å². The highest BCUT2D eigenvalue weighted by Crippen LogP contribution is 2.54. The summed E-state index contributed by atoms with van der Waals surface area (Å²) in [5.41, 5.74) is 3.88. The Balaban J connectivity index is 1.79. The molecule has 3 aromatic rings. The molecule has 2 heterocycles. The number of fused-ring (bicyclic) bond motifs is 4. The fourth-order valence-electron chi connectivity index (χ4n) is 3.81. The minimum absolute atomic E-state index is 0.0213. The molecule has 0 unspecified atom stereocenters. The van der Waals surface area contributed by atoms with Crippen LogP contribution in [0.2, 0.25) is 0 Å². The largest absolute Gasteiger partial charge is 0.329 e. The SMILES string of the molecule is CN1C(=O)c2nc(-c3ccccc3)cn2-c2cc(Br)ccc2C12CC2. The summed E-state index contributed by atoms with van der Waals surface area (Å²) < 4.78 is 2.95. The second-order valence-electron chi connectivity index (χ2n) is 6.74. The van der Waals surface area contributed by atoms with Crippen LogP contribution in [0.15, 0.2) is 59.2 Å². The number of aromatic nitrogens is 2. The molecule has 0 N–H and O–H groups in total. The van der Waals surface area contributed by atoms with E-state index in [2.05, 4.69) is 34.1 Å². The summed E-state index contributed by atoms with van der Waals surface area (Å²) in [5, 5.41) is 0.